The molecule has 0 bridgehead atoms. The molecule has 0 aliphatic rings. The molecule has 1 unspecified atom stereocenters. The molecule has 0 saturated carbocycles. The van der Waals surface area contributed by atoms with Crippen LogP contribution in [-0.4, -0.2) is 26.3 Å². The molecule has 1 heterocycles. The van der Waals surface area contributed by atoms with Crippen molar-refractivity contribution >= 4 is 15.4 Å². The standard InChI is InChI=1S/C10H16N2OS/c1-10(2,3)8-6-9(12-7-11-8)14(4,5)13/h6-7H,4H2,1-3,5H3. The monoisotopic (exact) mass is 212 g/mol. The van der Waals surface area contributed by atoms with Gasteiger partial charge in [-0.3, -0.25) is 4.21 Å². The van der Waals surface area contributed by atoms with Gasteiger partial charge in [0.2, 0.25) is 0 Å². The third-order valence-corrected chi connectivity index (χ3v) is 2.96. The predicted molar refractivity (Wildman–Crippen MR) is 60.2 cm³/mol. The summed E-state index contributed by atoms with van der Waals surface area (Å²) in [5.41, 5.74) is 0.836. The van der Waals surface area contributed by atoms with Gasteiger partial charge in [0.05, 0.1) is 5.69 Å². The maximum atomic E-state index is 11.7. The molecule has 0 aromatic carbocycles. The summed E-state index contributed by atoms with van der Waals surface area (Å²) >= 11 is 0. The van der Waals surface area contributed by atoms with Crippen LogP contribution in [0.2, 0.25) is 0 Å². The molecule has 1 aromatic heterocycles. The van der Waals surface area contributed by atoms with E-state index in [2.05, 4.69) is 36.6 Å². The summed E-state index contributed by atoms with van der Waals surface area (Å²) < 4.78 is 11.7. The lowest BCUT2D eigenvalue weighted by Crippen LogP contribution is -2.15. The molecule has 1 atom stereocenters. The fourth-order valence-corrected chi connectivity index (χ4v) is 1.62. The van der Waals surface area contributed by atoms with E-state index in [4.69, 9.17) is 0 Å². The van der Waals surface area contributed by atoms with Gasteiger partial charge in [-0.05, 0) is 11.9 Å². The zero-order valence-corrected chi connectivity index (χ0v) is 9.89. The first-order chi connectivity index (χ1) is 6.21. The van der Waals surface area contributed by atoms with Gasteiger partial charge in [-0.25, -0.2) is 9.97 Å². The Morgan fingerprint density at radius 1 is 1.36 bits per heavy atom. The second-order valence-corrected chi connectivity index (χ2v) is 6.92. The zero-order valence-electron chi connectivity index (χ0n) is 9.07. The average molecular weight is 212 g/mol. The predicted octanol–water partition coefficient (Wildman–Crippen LogP) is 1.48. The Hall–Kier alpha value is -0.900. The van der Waals surface area contributed by atoms with E-state index in [-0.39, 0.29) is 5.41 Å². The van der Waals surface area contributed by atoms with Gasteiger partial charge in [0.1, 0.15) is 11.4 Å². The molecule has 3 nitrogen and oxygen atoms in total. The molecule has 0 radical (unpaired) electrons. The van der Waals surface area contributed by atoms with Crippen molar-refractivity contribution in [1.82, 2.24) is 9.97 Å². The van der Waals surface area contributed by atoms with Crippen LogP contribution in [0.15, 0.2) is 17.4 Å². The van der Waals surface area contributed by atoms with Crippen LogP contribution in [-0.2, 0) is 14.9 Å². The SMILES string of the molecule is C=S(C)(=O)c1cc(C(C)(C)C)ncn1. The average Bonchev–Trinajstić information content (AvgIpc) is 2.01. The maximum Gasteiger partial charge on any atom is 0.122 e. The van der Waals surface area contributed by atoms with Gasteiger partial charge in [-0.1, -0.05) is 20.8 Å². The first kappa shape index (κ1) is 11.2. The Kier molecular flexibility index (Phi) is 2.67. The summed E-state index contributed by atoms with van der Waals surface area (Å²) in [5.74, 6) is 3.60. The number of aromatic nitrogens is 2. The number of hydrogen-bond donors (Lipinski definition) is 0. The van der Waals surface area contributed by atoms with Gasteiger partial charge < -0.3 is 0 Å². The molecule has 0 amide bonds. The second kappa shape index (κ2) is 3.35. The Balaban J connectivity index is 3.29. The first-order valence-corrected chi connectivity index (χ1v) is 6.49. The van der Waals surface area contributed by atoms with Gasteiger partial charge in [-0.2, -0.15) is 0 Å². The molecule has 1 aromatic rings. The highest BCUT2D eigenvalue weighted by atomic mass is 32.2. The smallest absolute Gasteiger partial charge is 0.122 e. The molecule has 0 aliphatic carbocycles. The molecule has 1 rings (SSSR count). The second-order valence-electron chi connectivity index (χ2n) is 4.50. The Morgan fingerprint density at radius 2 is 1.93 bits per heavy atom. The third-order valence-electron chi connectivity index (χ3n) is 1.85. The molecule has 0 N–H and O–H groups in total. The molecule has 0 spiro atoms. The highest BCUT2D eigenvalue weighted by Gasteiger charge is 2.17. The quantitative estimate of drug-likeness (QED) is 0.523. The Bertz CT molecular complexity index is 430. The zero-order chi connectivity index (χ0) is 11.0. The summed E-state index contributed by atoms with van der Waals surface area (Å²) in [6, 6.07) is 1.77. The van der Waals surface area contributed by atoms with Crippen molar-refractivity contribution in [3.8, 4) is 0 Å². The van der Waals surface area contributed by atoms with Gasteiger partial charge >= 0.3 is 0 Å². The minimum Gasteiger partial charge on any atom is -0.262 e. The largest absolute Gasteiger partial charge is 0.262 e. The molecular formula is C10H16N2OS. The van der Waals surface area contributed by atoms with E-state index in [0.29, 0.717) is 5.03 Å². The summed E-state index contributed by atoms with van der Waals surface area (Å²) in [4.78, 5) is 8.13. The lowest BCUT2D eigenvalue weighted by molar-refractivity contribution is 0.562. The lowest BCUT2D eigenvalue weighted by atomic mass is 9.92. The first-order valence-electron chi connectivity index (χ1n) is 4.36. The molecule has 0 aliphatic heterocycles. The molecule has 0 fully saturated rings. The highest BCUT2D eigenvalue weighted by molar-refractivity contribution is 7.99. The highest BCUT2D eigenvalue weighted by Crippen LogP contribution is 2.20. The fourth-order valence-electron chi connectivity index (χ4n) is 0.986. The maximum absolute atomic E-state index is 11.7. The minimum absolute atomic E-state index is 0.0532. The van der Waals surface area contributed by atoms with E-state index < -0.39 is 9.52 Å². The van der Waals surface area contributed by atoms with Crippen LogP contribution in [0.4, 0.5) is 0 Å². The van der Waals surface area contributed by atoms with Gasteiger partial charge in [0, 0.05) is 21.2 Å². The van der Waals surface area contributed by atoms with Crippen molar-refractivity contribution in [3.05, 3.63) is 18.1 Å². The van der Waals surface area contributed by atoms with Crippen molar-refractivity contribution in [1.29, 1.82) is 0 Å². The summed E-state index contributed by atoms with van der Waals surface area (Å²) in [6.45, 7) is 6.17. The molecule has 4 heteroatoms. The van der Waals surface area contributed by atoms with Crippen LogP contribution in [0.3, 0.4) is 0 Å². The van der Waals surface area contributed by atoms with Crippen LogP contribution in [0, 0.1) is 0 Å². The van der Waals surface area contributed by atoms with Crippen molar-refractivity contribution in [3.63, 3.8) is 0 Å². The van der Waals surface area contributed by atoms with Gasteiger partial charge in [-0.15, -0.1) is 0 Å². The Morgan fingerprint density at radius 3 is 2.36 bits per heavy atom. The lowest BCUT2D eigenvalue weighted by Gasteiger charge is -2.17. The van der Waals surface area contributed by atoms with E-state index in [1.54, 1.807) is 12.3 Å². The van der Waals surface area contributed by atoms with E-state index in [1.807, 2.05) is 0 Å². The van der Waals surface area contributed by atoms with E-state index in [9.17, 15) is 4.21 Å². The van der Waals surface area contributed by atoms with Crippen molar-refractivity contribution < 1.29 is 4.21 Å². The molecular weight excluding hydrogens is 196 g/mol. The number of hydrogen-bond acceptors (Lipinski definition) is 3. The van der Waals surface area contributed by atoms with Gasteiger partial charge in [0.25, 0.3) is 0 Å². The van der Waals surface area contributed by atoms with E-state index in [0.717, 1.165) is 5.69 Å². The van der Waals surface area contributed by atoms with Crippen LogP contribution in [0.5, 0.6) is 0 Å². The number of nitrogens with zero attached hydrogens (tertiary/aromatic N) is 2. The Labute approximate surface area is 85.6 Å². The molecule has 78 valence electrons. The summed E-state index contributed by atoms with van der Waals surface area (Å²) in [7, 11) is -2.24. The van der Waals surface area contributed by atoms with Crippen molar-refractivity contribution in [2.45, 2.75) is 31.2 Å². The van der Waals surface area contributed by atoms with Gasteiger partial charge in [0.15, 0.2) is 0 Å². The normalized spacial score (nSPS) is 16.3. The molecule has 0 saturated heterocycles. The van der Waals surface area contributed by atoms with Crippen molar-refractivity contribution in [2.75, 3.05) is 6.26 Å². The topological polar surface area (TPSA) is 42.9 Å². The third kappa shape index (κ3) is 2.54. The minimum atomic E-state index is -2.24. The molecule has 14 heavy (non-hydrogen) atoms. The van der Waals surface area contributed by atoms with Crippen LogP contribution in [0.25, 0.3) is 0 Å². The van der Waals surface area contributed by atoms with Crippen LogP contribution >= 0.6 is 0 Å². The fraction of sp³-hybridized carbons (Fsp3) is 0.500. The van der Waals surface area contributed by atoms with E-state index >= 15 is 0 Å². The summed E-state index contributed by atoms with van der Waals surface area (Å²) in [5, 5.41) is 0.525. The van der Waals surface area contributed by atoms with E-state index in [1.165, 1.54) is 6.33 Å². The van der Waals surface area contributed by atoms with Crippen LogP contribution < -0.4 is 0 Å². The number of rotatable bonds is 1. The van der Waals surface area contributed by atoms with Crippen molar-refractivity contribution in [2.24, 2.45) is 0 Å². The summed E-state index contributed by atoms with van der Waals surface area (Å²) in [6.07, 6.45) is 3.03. The van der Waals surface area contributed by atoms with Crippen LogP contribution in [0.1, 0.15) is 26.5 Å².